The number of nitrogens with one attached hydrogen (secondary N) is 1. The summed E-state index contributed by atoms with van der Waals surface area (Å²) in [6, 6.07) is 0. The molecular formula is C10H20N2O. The highest BCUT2D eigenvalue weighted by Gasteiger charge is 2.34. The van der Waals surface area contributed by atoms with Gasteiger partial charge < -0.3 is 10.5 Å². The molecule has 0 heterocycles. The van der Waals surface area contributed by atoms with Crippen molar-refractivity contribution in [3.8, 4) is 0 Å². The van der Waals surface area contributed by atoms with Crippen molar-refractivity contribution < 1.29 is 4.74 Å². The third kappa shape index (κ3) is 2.44. The number of amidine groups is 1. The molecule has 1 rings (SSSR count). The SMILES string of the molecule is CCOC1(C(=N)N)CCCCCC1. The molecule has 1 aliphatic rings. The molecular weight excluding hydrogens is 164 g/mol. The first kappa shape index (κ1) is 10.5. The third-order valence-electron chi connectivity index (χ3n) is 2.82. The van der Waals surface area contributed by atoms with Crippen molar-refractivity contribution in [2.75, 3.05) is 6.61 Å². The van der Waals surface area contributed by atoms with Gasteiger partial charge in [0.1, 0.15) is 11.4 Å². The van der Waals surface area contributed by atoms with E-state index in [0.29, 0.717) is 6.61 Å². The minimum Gasteiger partial charge on any atom is -0.385 e. The van der Waals surface area contributed by atoms with Gasteiger partial charge in [-0.25, -0.2) is 0 Å². The second-order valence-corrected chi connectivity index (χ2v) is 3.76. The van der Waals surface area contributed by atoms with Crippen LogP contribution in [0.3, 0.4) is 0 Å². The highest BCUT2D eigenvalue weighted by Crippen LogP contribution is 2.30. The van der Waals surface area contributed by atoms with Gasteiger partial charge in [-0.1, -0.05) is 25.7 Å². The first-order valence-electron chi connectivity index (χ1n) is 5.20. The molecule has 3 heteroatoms. The molecule has 1 fully saturated rings. The van der Waals surface area contributed by atoms with Gasteiger partial charge in [-0.15, -0.1) is 0 Å². The van der Waals surface area contributed by atoms with Crippen LogP contribution in [0.5, 0.6) is 0 Å². The summed E-state index contributed by atoms with van der Waals surface area (Å²) < 4.78 is 5.66. The summed E-state index contributed by atoms with van der Waals surface area (Å²) >= 11 is 0. The Morgan fingerprint density at radius 3 is 2.23 bits per heavy atom. The second kappa shape index (κ2) is 4.61. The summed E-state index contributed by atoms with van der Waals surface area (Å²) in [6.07, 6.45) is 6.63. The molecule has 76 valence electrons. The minimum atomic E-state index is -0.425. The van der Waals surface area contributed by atoms with Crippen LogP contribution >= 0.6 is 0 Å². The summed E-state index contributed by atoms with van der Waals surface area (Å²) in [4.78, 5) is 0. The Balaban J connectivity index is 2.67. The molecule has 0 aromatic rings. The van der Waals surface area contributed by atoms with E-state index in [-0.39, 0.29) is 5.84 Å². The minimum absolute atomic E-state index is 0.219. The number of rotatable bonds is 3. The monoisotopic (exact) mass is 184 g/mol. The van der Waals surface area contributed by atoms with Crippen LogP contribution in [-0.4, -0.2) is 18.0 Å². The second-order valence-electron chi connectivity index (χ2n) is 3.76. The number of hydrogen-bond acceptors (Lipinski definition) is 2. The van der Waals surface area contributed by atoms with Crippen LogP contribution < -0.4 is 5.73 Å². The average molecular weight is 184 g/mol. The Bertz CT molecular complexity index is 172. The maximum atomic E-state index is 7.59. The highest BCUT2D eigenvalue weighted by molar-refractivity contribution is 5.86. The number of nitrogens with two attached hydrogens (primary N) is 1. The Labute approximate surface area is 80.2 Å². The van der Waals surface area contributed by atoms with Crippen LogP contribution in [0, 0.1) is 5.41 Å². The summed E-state index contributed by atoms with van der Waals surface area (Å²) in [5.74, 6) is 0.219. The Morgan fingerprint density at radius 1 is 1.31 bits per heavy atom. The lowest BCUT2D eigenvalue weighted by atomic mass is 9.93. The number of ether oxygens (including phenoxy) is 1. The standard InChI is InChI=1S/C10H20N2O/c1-2-13-10(9(11)12)7-5-3-4-6-8-10/h2-8H2,1H3,(H3,11,12). The fourth-order valence-corrected chi connectivity index (χ4v) is 2.07. The first-order chi connectivity index (χ1) is 6.21. The van der Waals surface area contributed by atoms with E-state index in [1.54, 1.807) is 0 Å². The van der Waals surface area contributed by atoms with E-state index < -0.39 is 5.60 Å². The van der Waals surface area contributed by atoms with Crippen molar-refractivity contribution in [2.24, 2.45) is 5.73 Å². The predicted molar refractivity (Wildman–Crippen MR) is 54.0 cm³/mol. The molecule has 0 spiro atoms. The van der Waals surface area contributed by atoms with Gasteiger partial charge in [-0.2, -0.15) is 0 Å². The lowest BCUT2D eigenvalue weighted by Gasteiger charge is -2.31. The maximum Gasteiger partial charge on any atom is 0.124 e. The van der Waals surface area contributed by atoms with Crippen LogP contribution in [0.4, 0.5) is 0 Å². The Kier molecular flexibility index (Phi) is 3.72. The molecule has 0 atom stereocenters. The van der Waals surface area contributed by atoms with Crippen molar-refractivity contribution in [1.29, 1.82) is 5.41 Å². The van der Waals surface area contributed by atoms with Gasteiger partial charge in [0.2, 0.25) is 0 Å². The topological polar surface area (TPSA) is 59.1 Å². The zero-order chi connectivity index (χ0) is 9.73. The van der Waals surface area contributed by atoms with E-state index >= 15 is 0 Å². The van der Waals surface area contributed by atoms with Gasteiger partial charge in [0, 0.05) is 6.61 Å². The largest absolute Gasteiger partial charge is 0.385 e. The van der Waals surface area contributed by atoms with Crippen molar-refractivity contribution in [3.63, 3.8) is 0 Å². The fraction of sp³-hybridized carbons (Fsp3) is 0.900. The van der Waals surface area contributed by atoms with Gasteiger partial charge in [-0.3, -0.25) is 5.41 Å². The van der Waals surface area contributed by atoms with Gasteiger partial charge in [0.25, 0.3) is 0 Å². The molecule has 0 aromatic carbocycles. The van der Waals surface area contributed by atoms with Crippen LogP contribution in [0.2, 0.25) is 0 Å². The normalized spacial score (nSPS) is 22.2. The maximum absolute atomic E-state index is 7.59. The average Bonchev–Trinajstić information content (AvgIpc) is 2.31. The molecule has 0 aromatic heterocycles. The van der Waals surface area contributed by atoms with E-state index in [1.165, 1.54) is 12.8 Å². The van der Waals surface area contributed by atoms with Crippen LogP contribution in [0.25, 0.3) is 0 Å². The van der Waals surface area contributed by atoms with Gasteiger partial charge in [-0.05, 0) is 19.8 Å². The van der Waals surface area contributed by atoms with E-state index in [4.69, 9.17) is 15.9 Å². The van der Waals surface area contributed by atoms with Crippen LogP contribution in [0.1, 0.15) is 45.4 Å². The van der Waals surface area contributed by atoms with E-state index in [0.717, 1.165) is 25.7 Å². The molecule has 13 heavy (non-hydrogen) atoms. The molecule has 0 bridgehead atoms. The zero-order valence-corrected chi connectivity index (χ0v) is 8.44. The predicted octanol–water partition coefficient (Wildman–Crippen LogP) is 2.05. The molecule has 0 saturated heterocycles. The first-order valence-corrected chi connectivity index (χ1v) is 5.20. The molecule has 0 unspecified atom stereocenters. The summed E-state index contributed by atoms with van der Waals surface area (Å²) in [7, 11) is 0. The summed E-state index contributed by atoms with van der Waals surface area (Å²) in [5.41, 5.74) is 5.19. The Hall–Kier alpha value is -0.570. The van der Waals surface area contributed by atoms with Gasteiger partial charge in [0.05, 0.1) is 0 Å². The molecule has 3 nitrogen and oxygen atoms in total. The van der Waals surface area contributed by atoms with Crippen molar-refractivity contribution in [2.45, 2.75) is 51.0 Å². The Morgan fingerprint density at radius 2 is 1.85 bits per heavy atom. The van der Waals surface area contributed by atoms with Crippen LogP contribution in [0.15, 0.2) is 0 Å². The quantitative estimate of drug-likeness (QED) is 0.400. The number of hydrogen-bond donors (Lipinski definition) is 2. The zero-order valence-electron chi connectivity index (χ0n) is 8.44. The lowest BCUT2D eigenvalue weighted by molar-refractivity contribution is 0.00278. The van der Waals surface area contributed by atoms with Crippen molar-refractivity contribution in [3.05, 3.63) is 0 Å². The van der Waals surface area contributed by atoms with E-state index in [1.807, 2.05) is 6.92 Å². The van der Waals surface area contributed by atoms with E-state index in [9.17, 15) is 0 Å². The van der Waals surface area contributed by atoms with Gasteiger partial charge in [0.15, 0.2) is 0 Å². The molecule has 0 aliphatic heterocycles. The fourth-order valence-electron chi connectivity index (χ4n) is 2.07. The third-order valence-corrected chi connectivity index (χ3v) is 2.82. The summed E-state index contributed by atoms with van der Waals surface area (Å²) in [6.45, 7) is 2.62. The lowest BCUT2D eigenvalue weighted by Crippen LogP contribution is -2.45. The highest BCUT2D eigenvalue weighted by atomic mass is 16.5. The van der Waals surface area contributed by atoms with Crippen molar-refractivity contribution in [1.82, 2.24) is 0 Å². The molecule has 0 amide bonds. The van der Waals surface area contributed by atoms with E-state index in [2.05, 4.69) is 0 Å². The molecule has 1 aliphatic carbocycles. The van der Waals surface area contributed by atoms with Gasteiger partial charge >= 0.3 is 0 Å². The molecule has 1 saturated carbocycles. The smallest absolute Gasteiger partial charge is 0.124 e. The molecule has 3 N–H and O–H groups in total. The van der Waals surface area contributed by atoms with Crippen molar-refractivity contribution >= 4 is 5.84 Å². The molecule has 0 radical (unpaired) electrons. The van der Waals surface area contributed by atoms with Crippen LogP contribution in [-0.2, 0) is 4.74 Å². The summed E-state index contributed by atoms with van der Waals surface area (Å²) in [5, 5.41) is 7.59.